The molecule has 2 fully saturated rings. The Bertz CT molecular complexity index is 465. The average molecular weight is 267 g/mol. The van der Waals surface area contributed by atoms with E-state index in [-0.39, 0.29) is 12.1 Å². The van der Waals surface area contributed by atoms with Gasteiger partial charge in [0.15, 0.2) is 0 Å². The minimum absolute atomic E-state index is 0.0376. The number of hydrogen-bond donors (Lipinski definition) is 2. The highest BCUT2D eigenvalue weighted by Crippen LogP contribution is 2.44. The van der Waals surface area contributed by atoms with Gasteiger partial charge in [-0.1, -0.05) is 6.42 Å². The molecule has 1 aromatic carbocycles. The summed E-state index contributed by atoms with van der Waals surface area (Å²) < 4.78 is 26.6. The number of aliphatic hydroxyl groups excluding tert-OH is 1. The average Bonchev–Trinajstić information content (AvgIpc) is 3.01. The first kappa shape index (κ1) is 13.0. The van der Waals surface area contributed by atoms with Crippen LogP contribution >= 0.6 is 0 Å². The largest absolute Gasteiger partial charge is 0.387 e. The van der Waals surface area contributed by atoms with Gasteiger partial charge >= 0.3 is 0 Å². The van der Waals surface area contributed by atoms with Gasteiger partial charge in [0, 0.05) is 18.2 Å². The predicted octanol–water partition coefficient (Wildman–Crippen LogP) is 2.78. The lowest BCUT2D eigenvalue weighted by molar-refractivity contribution is 0.159. The number of halogens is 2. The molecule has 2 aliphatic rings. The fourth-order valence-corrected chi connectivity index (χ4v) is 3.64. The summed E-state index contributed by atoms with van der Waals surface area (Å²) in [4.78, 5) is 0. The van der Waals surface area contributed by atoms with Crippen molar-refractivity contribution >= 4 is 0 Å². The SMILES string of the molecule is OC(CNC1CC2CCC1C2)c1cc(F)ccc1F. The third kappa shape index (κ3) is 2.65. The van der Waals surface area contributed by atoms with Gasteiger partial charge in [0.25, 0.3) is 0 Å². The number of benzene rings is 1. The number of aliphatic hydroxyl groups is 1. The second kappa shape index (κ2) is 5.17. The van der Waals surface area contributed by atoms with Crippen LogP contribution in [0.4, 0.5) is 8.78 Å². The maximum atomic E-state index is 13.5. The molecule has 2 aliphatic carbocycles. The molecule has 0 spiro atoms. The number of rotatable bonds is 4. The molecule has 0 saturated heterocycles. The van der Waals surface area contributed by atoms with Gasteiger partial charge in [-0.25, -0.2) is 8.78 Å². The third-order valence-electron chi connectivity index (χ3n) is 4.63. The first-order chi connectivity index (χ1) is 9.13. The number of hydrogen-bond acceptors (Lipinski definition) is 2. The van der Waals surface area contributed by atoms with Crippen molar-refractivity contribution in [3.05, 3.63) is 35.4 Å². The van der Waals surface area contributed by atoms with Crippen molar-refractivity contribution in [2.24, 2.45) is 11.8 Å². The first-order valence-corrected chi connectivity index (χ1v) is 7.00. The smallest absolute Gasteiger partial charge is 0.129 e. The minimum Gasteiger partial charge on any atom is -0.387 e. The highest BCUT2D eigenvalue weighted by atomic mass is 19.1. The Hall–Kier alpha value is -1.00. The van der Waals surface area contributed by atoms with Crippen LogP contribution in [-0.4, -0.2) is 17.7 Å². The minimum atomic E-state index is -0.991. The van der Waals surface area contributed by atoms with Crippen molar-refractivity contribution in [3.8, 4) is 0 Å². The monoisotopic (exact) mass is 267 g/mol. The summed E-state index contributed by atoms with van der Waals surface area (Å²) in [6.07, 6.45) is 4.02. The van der Waals surface area contributed by atoms with E-state index in [0.717, 1.165) is 30.5 Å². The van der Waals surface area contributed by atoms with E-state index in [1.165, 1.54) is 19.3 Å². The van der Waals surface area contributed by atoms with E-state index < -0.39 is 17.7 Å². The maximum absolute atomic E-state index is 13.5. The lowest BCUT2D eigenvalue weighted by Crippen LogP contribution is -2.36. The maximum Gasteiger partial charge on any atom is 0.129 e. The van der Waals surface area contributed by atoms with E-state index in [2.05, 4.69) is 5.32 Å². The van der Waals surface area contributed by atoms with E-state index in [4.69, 9.17) is 0 Å². The molecule has 0 amide bonds. The molecule has 19 heavy (non-hydrogen) atoms. The Balaban J connectivity index is 1.59. The van der Waals surface area contributed by atoms with Crippen molar-refractivity contribution in [2.45, 2.75) is 37.8 Å². The van der Waals surface area contributed by atoms with Crippen molar-refractivity contribution in [1.29, 1.82) is 0 Å². The molecule has 104 valence electrons. The van der Waals surface area contributed by atoms with E-state index in [9.17, 15) is 13.9 Å². The summed E-state index contributed by atoms with van der Waals surface area (Å²) in [7, 11) is 0. The van der Waals surface area contributed by atoms with Gasteiger partial charge < -0.3 is 10.4 Å². The first-order valence-electron chi connectivity index (χ1n) is 7.00. The molecule has 4 heteroatoms. The molecule has 2 saturated carbocycles. The molecular formula is C15H19F2NO. The molecule has 2 nitrogen and oxygen atoms in total. The summed E-state index contributed by atoms with van der Waals surface area (Å²) in [6.45, 7) is 0.286. The summed E-state index contributed by atoms with van der Waals surface area (Å²) in [6, 6.07) is 3.63. The van der Waals surface area contributed by atoms with Crippen LogP contribution in [-0.2, 0) is 0 Å². The molecular weight excluding hydrogens is 248 g/mol. The van der Waals surface area contributed by atoms with Crippen molar-refractivity contribution < 1.29 is 13.9 Å². The molecule has 0 heterocycles. The van der Waals surface area contributed by atoms with E-state index >= 15 is 0 Å². The Morgan fingerprint density at radius 2 is 2.11 bits per heavy atom. The highest BCUT2D eigenvalue weighted by molar-refractivity contribution is 5.21. The molecule has 4 unspecified atom stereocenters. The third-order valence-corrected chi connectivity index (χ3v) is 4.63. The summed E-state index contributed by atoms with van der Waals surface area (Å²) in [5.74, 6) is 0.458. The quantitative estimate of drug-likeness (QED) is 0.879. The van der Waals surface area contributed by atoms with Crippen LogP contribution in [0.3, 0.4) is 0 Å². The Morgan fingerprint density at radius 1 is 1.26 bits per heavy atom. The van der Waals surface area contributed by atoms with Gasteiger partial charge in [0.1, 0.15) is 11.6 Å². The Morgan fingerprint density at radius 3 is 2.79 bits per heavy atom. The van der Waals surface area contributed by atoms with Crippen molar-refractivity contribution in [3.63, 3.8) is 0 Å². The highest BCUT2D eigenvalue weighted by Gasteiger charge is 2.39. The molecule has 0 aromatic heterocycles. The van der Waals surface area contributed by atoms with E-state index in [1.54, 1.807) is 0 Å². The molecule has 3 rings (SSSR count). The summed E-state index contributed by atoms with van der Waals surface area (Å²) in [5, 5.41) is 13.3. The van der Waals surface area contributed by atoms with Crippen LogP contribution in [0.25, 0.3) is 0 Å². The molecule has 2 N–H and O–H groups in total. The van der Waals surface area contributed by atoms with E-state index in [0.29, 0.717) is 12.0 Å². The van der Waals surface area contributed by atoms with Gasteiger partial charge in [-0.05, 0) is 49.3 Å². The molecule has 1 aromatic rings. The zero-order valence-corrected chi connectivity index (χ0v) is 10.8. The van der Waals surface area contributed by atoms with Gasteiger partial charge in [-0.3, -0.25) is 0 Å². The normalized spacial score (nSPS) is 30.8. The van der Waals surface area contributed by atoms with Crippen LogP contribution in [0, 0.1) is 23.5 Å². The fraction of sp³-hybridized carbons (Fsp3) is 0.600. The van der Waals surface area contributed by atoms with Gasteiger partial charge in [0.05, 0.1) is 6.10 Å². The second-order valence-corrected chi connectivity index (χ2v) is 5.87. The molecule has 4 atom stereocenters. The van der Waals surface area contributed by atoms with Crippen molar-refractivity contribution in [1.82, 2.24) is 5.32 Å². The topological polar surface area (TPSA) is 32.3 Å². The number of fused-ring (bicyclic) bond motifs is 2. The molecule has 2 bridgehead atoms. The van der Waals surface area contributed by atoms with Crippen LogP contribution in [0.2, 0.25) is 0 Å². The number of nitrogens with one attached hydrogen (secondary N) is 1. The standard InChI is InChI=1S/C15H19F2NO/c16-11-3-4-13(17)12(7-11)15(19)8-18-14-6-9-1-2-10(14)5-9/h3-4,7,9-10,14-15,18-19H,1-2,5-6,8H2. The zero-order chi connectivity index (χ0) is 13.4. The van der Waals surface area contributed by atoms with Crippen LogP contribution in [0.1, 0.15) is 37.4 Å². The summed E-state index contributed by atoms with van der Waals surface area (Å²) >= 11 is 0. The Labute approximate surface area is 111 Å². The fourth-order valence-electron chi connectivity index (χ4n) is 3.64. The van der Waals surface area contributed by atoms with Crippen LogP contribution < -0.4 is 5.32 Å². The second-order valence-electron chi connectivity index (χ2n) is 5.87. The molecule has 0 radical (unpaired) electrons. The predicted molar refractivity (Wildman–Crippen MR) is 68.6 cm³/mol. The lowest BCUT2D eigenvalue weighted by atomic mass is 9.95. The molecule has 0 aliphatic heterocycles. The van der Waals surface area contributed by atoms with Crippen LogP contribution in [0.15, 0.2) is 18.2 Å². The van der Waals surface area contributed by atoms with Crippen molar-refractivity contribution in [2.75, 3.05) is 6.54 Å². The Kier molecular flexibility index (Phi) is 3.54. The summed E-state index contributed by atoms with van der Waals surface area (Å²) in [5.41, 5.74) is 0.0376. The zero-order valence-electron chi connectivity index (χ0n) is 10.8. The van der Waals surface area contributed by atoms with Crippen LogP contribution in [0.5, 0.6) is 0 Å². The van der Waals surface area contributed by atoms with Gasteiger partial charge in [0.2, 0.25) is 0 Å². The van der Waals surface area contributed by atoms with E-state index in [1.807, 2.05) is 0 Å². The van der Waals surface area contributed by atoms with Gasteiger partial charge in [-0.15, -0.1) is 0 Å². The lowest BCUT2D eigenvalue weighted by Gasteiger charge is -2.24. The van der Waals surface area contributed by atoms with Gasteiger partial charge in [-0.2, -0.15) is 0 Å².